The molecule has 68 heavy (non-hydrogen) atoms. The highest BCUT2D eigenvalue weighted by atomic mass is 32.2. The molecular formula is C49H62F4N8O6S. The Kier molecular flexibility index (Phi) is 13.1. The second-order valence-corrected chi connectivity index (χ2v) is 20.5. The molecule has 14 nitrogen and oxygen atoms in total. The number of ether oxygens (including phenoxy) is 1. The van der Waals surface area contributed by atoms with E-state index in [2.05, 4.69) is 47.3 Å². The van der Waals surface area contributed by atoms with Crippen LogP contribution in [0.15, 0.2) is 73.1 Å². The fourth-order valence-electron chi connectivity index (χ4n) is 10.3. The lowest BCUT2D eigenvalue weighted by molar-refractivity contribution is -0.125. The molecule has 2 aromatic heterocycles. The van der Waals surface area contributed by atoms with Crippen molar-refractivity contribution in [3.8, 4) is 11.1 Å². The Morgan fingerprint density at radius 2 is 1.63 bits per heavy atom. The minimum Gasteiger partial charge on any atom is -0.372 e. The molecule has 10 rings (SSSR count). The Morgan fingerprint density at radius 1 is 0.897 bits per heavy atom. The number of carbonyl (C=O) groups is 3. The van der Waals surface area contributed by atoms with Gasteiger partial charge in [-0.15, -0.1) is 0 Å². The monoisotopic (exact) mass is 966 g/mol. The first-order chi connectivity index (χ1) is 32.2. The summed E-state index contributed by atoms with van der Waals surface area (Å²) in [7, 11) is -4.12. The van der Waals surface area contributed by atoms with E-state index in [1.807, 2.05) is 19.1 Å². The van der Waals surface area contributed by atoms with E-state index in [-0.39, 0.29) is 58.8 Å². The van der Waals surface area contributed by atoms with Crippen LogP contribution >= 0.6 is 0 Å². The summed E-state index contributed by atoms with van der Waals surface area (Å²) in [6.07, 6.45) is 8.35. The van der Waals surface area contributed by atoms with Gasteiger partial charge in [-0.05, 0) is 123 Å². The first kappa shape index (κ1) is 47.2. The molecule has 1 unspecified atom stereocenters. The molecule has 7 heterocycles. The summed E-state index contributed by atoms with van der Waals surface area (Å²) in [4.78, 5) is 51.2. The predicted molar refractivity (Wildman–Crippen MR) is 257 cm³/mol. The first-order valence-electron chi connectivity index (χ1n) is 23.1. The number of anilines is 2. The number of pyridine rings is 1. The Hall–Kier alpha value is -5.89. The van der Waals surface area contributed by atoms with Gasteiger partial charge in [-0.2, -0.15) is 12.7 Å². The Labute approximate surface area is 397 Å². The van der Waals surface area contributed by atoms with Gasteiger partial charge in [0, 0.05) is 79.4 Å². The predicted octanol–water partition coefficient (Wildman–Crippen LogP) is 7.84. The van der Waals surface area contributed by atoms with Crippen molar-refractivity contribution < 1.29 is 51.1 Å². The standard InChI is InChI=1S/C49H53F3N8O6S.FH.4H2/c1-29-12-21-60(26-29)67(64,65)57-41-9-8-40(51)44(45(41)52)46(62)38-25-54-47-36(38)23-34(24-53-47)31-2-5-35(6-3-31)59-19-13-30(14-20-59)27-58-17-15-32(16-18-58)33-4-7-39(50)37(22-33)48(63)55-42-10-11-43(61)56-49(42)28-66-49;;;;;/h2-9,22-25,29-30,32,42,57H,10-21,26-28H2,1H3,(H,53,54)(H,55,63)(H,56,61);5*1H/t29-,42-,49?;;;;;/m1...../s1. The quantitative estimate of drug-likeness (QED) is 0.0552. The number of likely N-dealkylation sites (tertiary alicyclic amines) is 1. The highest BCUT2D eigenvalue weighted by Gasteiger charge is 2.55. The van der Waals surface area contributed by atoms with E-state index in [0.717, 1.165) is 87.4 Å². The molecule has 5 saturated heterocycles. The number of nitrogens with zero attached hydrogens (tertiary/aromatic N) is 4. The second kappa shape index (κ2) is 18.9. The summed E-state index contributed by atoms with van der Waals surface area (Å²) in [5, 5.41) is 6.09. The molecule has 0 bridgehead atoms. The molecule has 5 aliphatic rings. The number of rotatable bonds is 12. The lowest BCUT2D eigenvalue weighted by Crippen LogP contribution is -2.58. The number of H-pyrrole nitrogens is 1. The summed E-state index contributed by atoms with van der Waals surface area (Å²) in [6.45, 7) is 7.49. The van der Waals surface area contributed by atoms with Crippen LogP contribution in [0.1, 0.15) is 95.3 Å². The Morgan fingerprint density at radius 3 is 2.34 bits per heavy atom. The van der Waals surface area contributed by atoms with E-state index >= 15 is 8.78 Å². The van der Waals surface area contributed by atoms with Gasteiger partial charge in [0.05, 0.1) is 29.5 Å². The van der Waals surface area contributed by atoms with E-state index in [0.29, 0.717) is 42.0 Å². The second-order valence-electron chi connectivity index (χ2n) is 18.9. The van der Waals surface area contributed by atoms with Gasteiger partial charge in [-0.1, -0.05) is 25.1 Å². The summed E-state index contributed by atoms with van der Waals surface area (Å²) in [6, 6.07) is 16.2. The number of aromatic amines is 1. The third-order valence-electron chi connectivity index (χ3n) is 14.4. The molecule has 5 aliphatic heterocycles. The van der Waals surface area contributed by atoms with Crippen LogP contribution in [0.2, 0.25) is 0 Å². The van der Waals surface area contributed by atoms with E-state index in [1.54, 1.807) is 24.4 Å². The summed E-state index contributed by atoms with van der Waals surface area (Å²) in [5.74, 6) is -3.60. The zero-order valence-electron chi connectivity index (χ0n) is 37.5. The normalized spacial score (nSPS) is 22.8. The number of carbonyl (C=O) groups excluding carboxylic acids is 3. The van der Waals surface area contributed by atoms with Crippen LogP contribution in [0.3, 0.4) is 0 Å². The average Bonchev–Trinajstić information content (AvgIpc) is 3.71. The molecule has 368 valence electrons. The van der Waals surface area contributed by atoms with Gasteiger partial charge in [0.2, 0.25) is 11.7 Å². The van der Waals surface area contributed by atoms with Crippen LogP contribution in [0.25, 0.3) is 22.2 Å². The highest BCUT2D eigenvalue weighted by Crippen LogP contribution is 2.36. The molecule has 4 N–H and O–H groups in total. The molecule has 0 saturated carbocycles. The third-order valence-corrected chi connectivity index (χ3v) is 15.9. The van der Waals surface area contributed by atoms with Crippen molar-refractivity contribution >= 4 is 50.2 Å². The molecule has 1 spiro atoms. The number of piperidine rings is 3. The van der Waals surface area contributed by atoms with Crippen molar-refractivity contribution in [3.05, 3.63) is 113 Å². The number of amides is 2. The number of halogens is 4. The van der Waals surface area contributed by atoms with Crippen molar-refractivity contribution in [1.82, 2.24) is 29.8 Å². The topological polar surface area (TPSA) is 172 Å². The Bertz CT molecular complexity index is 2870. The number of epoxide rings is 1. The Balaban J connectivity index is 0.00000193. The first-order valence-corrected chi connectivity index (χ1v) is 24.6. The van der Waals surface area contributed by atoms with Crippen molar-refractivity contribution in [2.45, 2.75) is 69.6 Å². The zero-order valence-corrected chi connectivity index (χ0v) is 38.3. The number of benzene rings is 3. The number of aromatic nitrogens is 2. The fraction of sp³-hybridized carbons (Fsp3) is 0.429. The summed E-state index contributed by atoms with van der Waals surface area (Å²) < 4.78 is 80.8. The van der Waals surface area contributed by atoms with Crippen LogP contribution < -0.4 is 20.3 Å². The van der Waals surface area contributed by atoms with Crippen molar-refractivity contribution in [2.75, 3.05) is 62.0 Å². The molecule has 5 fully saturated rings. The molecule has 5 aromatic rings. The van der Waals surface area contributed by atoms with Crippen LogP contribution in [0.4, 0.5) is 29.3 Å². The van der Waals surface area contributed by atoms with Gasteiger partial charge >= 0.3 is 10.2 Å². The smallest absolute Gasteiger partial charge is 0.301 e. The van der Waals surface area contributed by atoms with Crippen LogP contribution in [0.5, 0.6) is 0 Å². The maximum absolute atomic E-state index is 15.8. The summed E-state index contributed by atoms with van der Waals surface area (Å²) >= 11 is 0. The van der Waals surface area contributed by atoms with Gasteiger partial charge in [-0.3, -0.25) is 23.8 Å². The number of fused-ring (bicyclic) bond motifs is 1. The van der Waals surface area contributed by atoms with Crippen molar-refractivity contribution in [1.29, 1.82) is 0 Å². The maximum atomic E-state index is 15.8. The SMILES string of the molecule is C[C@@H]1CCN(S(=O)(=O)Nc2ccc(F)c(C(=O)c3c[nH]c4ncc(-c5ccc(N6CCC(CN7CCC(c8ccc(F)c(C(=O)N[C@@H]9CCC(=O)NC9%10CO%10)c8)CC7)CC6)cc5)cc34)c2F)C1.F.[HH].[HH].[HH].[HH]. The lowest BCUT2D eigenvalue weighted by atomic mass is 9.87. The lowest BCUT2D eigenvalue weighted by Gasteiger charge is -2.38. The highest BCUT2D eigenvalue weighted by molar-refractivity contribution is 7.90. The van der Waals surface area contributed by atoms with Gasteiger partial charge in [0.1, 0.15) is 17.3 Å². The minimum absolute atomic E-state index is 0. The molecule has 0 aliphatic carbocycles. The van der Waals surface area contributed by atoms with Crippen molar-refractivity contribution in [2.24, 2.45) is 11.8 Å². The molecule has 3 aromatic carbocycles. The van der Waals surface area contributed by atoms with Gasteiger partial charge in [-0.25, -0.2) is 18.2 Å². The number of hydrogen-bond donors (Lipinski definition) is 4. The largest absolute Gasteiger partial charge is 0.372 e. The minimum atomic E-state index is -4.12. The van der Waals surface area contributed by atoms with E-state index in [9.17, 15) is 27.2 Å². The van der Waals surface area contributed by atoms with Crippen LogP contribution in [-0.2, 0) is 19.7 Å². The molecule has 3 atom stereocenters. The molecule has 2 amide bonds. The number of hydrogen-bond acceptors (Lipinski definition) is 9. The number of nitrogens with one attached hydrogen (secondary N) is 4. The van der Waals surface area contributed by atoms with Gasteiger partial charge < -0.3 is 30.2 Å². The molecule has 19 heteroatoms. The van der Waals surface area contributed by atoms with Crippen LogP contribution in [-0.4, -0.2) is 109 Å². The molecule has 0 radical (unpaired) electrons. The maximum Gasteiger partial charge on any atom is 0.301 e. The average molecular weight is 967 g/mol. The van der Waals surface area contributed by atoms with E-state index in [1.165, 1.54) is 16.6 Å². The zero-order chi connectivity index (χ0) is 46.6. The molecular weight excluding hydrogens is 905 g/mol. The third kappa shape index (κ3) is 9.45. The van der Waals surface area contributed by atoms with Gasteiger partial charge in [0.25, 0.3) is 5.91 Å². The number of ketones is 1. The van der Waals surface area contributed by atoms with Crippen molar-refractivity contribution in [3.63, 3.8) is 0 Å². The fourth-order valence-corrected chi connectivity index (χ4v) is 11.7. The van der Waals surface area contributed by atoms with E-state index in [4.69, 9.17) is 4.74 Å². The van der Waals surface area contributed by atoms with E-state index < -0.39 is 62.4 Å². The van der Waals surface area contributed by atoms with Crippen LogP contribution in [0, 0.1) is 29.3 Å². The summed E-state index contributed by atoms with van der Waals surface area (Å²) in [5.41, 5.74) is 1.73. The van der Waals surface area contributed by atoms with Gasteiger partial charge in [0.15, 0.2) is 11.5 Å².